The third-order valence-corrected chi connectivity index (χ3v) is 3.20. The normalized spacial score (nSPS) is 21.4. The first kappa shape index (κ1) is 9.78. The fourth-order valence-corrected chi connectivity index (χ4v) is 2.36. The molecule has 0 amide bonds. The van der Waals surface area contributed by atoms with Crippen LogP contribution in [0.15, 0.2) is 12.1 Å². The molecule has 2 aromatic heterocycles. The molecule has 3 heterocycles. The van der Waals surface area contributed by atoms with Crippen LogP contribution in [0.1, 0.15) is 30.3 Å². The molecule has 0 radical (unpaired) electrons. The van der Waals surface area contributed by atoms with E-state index in [-0.39, 0.29) is 0 Å². The Morgan fingerprint density at radius 2 is 2.25 bits per heavy atom. The highest BCUT2D eigenvalue weighted by atomic mass is 15.0. The van der Waals surface area contributed by atoms with Crippen molar-refractivity contribution >= 4 is 11.2 Å². The Hall–Kier alpha value is -1.42. The molecule has 1 unspecified atom stereocenters. The quantitative estimate of drug-likeness (QED) is 0.763. The molecule has 0 bridgehead atoms. The van der Waals surface area contributed by atoms with Crippen molar-refractivity contribution in [1.29, 1.82) is 0 Å². The van der Waals surface area contributed by atoms with E-state index in [1.54, 1.807) is 0 Å². The van der Waals surface area contributed by atoms with E-state index in [9.17, 15) is 0 Å². The number of aromatic nitrogens is 3. The topological polar surface area (TPSA) is 53.6 Å². The number of hydrogen-bond acceptors (Lipinski definition) is 3. The van der Waals surface area contributed by atoms with Gasteiger partial charge in [-0.15, -0.1) is 0 Å². The fourth-order valence-electron chi connectivity index (χ4n) is 2.36. The highest BCUT2D eigenvalue weighted by Gasteiger charge is 2.17. The van der Waals surface area contributed by atoms with Gasteiger partial charge >= 0.3 is 0 Å². The van der Waals surface area contributed by atoms with E-state index in [0.717, 1.165) is 30.1 Å². The maximum absolute atomic E-state index is 4.64. The highest BCUT2D eigenvalue weighted by Crippen LogP contribution is 2.22. The van der Waals surface area contributed by atoms with Gasteiger partial charge in [0.1, 0.15) is 5.82 Å². The largest absolute Gasteiger partial charge is 0.341 e. The average Bonchev–Trinajstić information content (AvgIpc) is 2.69. The average molecular weight is 216 g/mol. The van der Waals surface area contributed by atoms with Gasteiger partial charge in [0.25, 0.3) is 0 Å². The zero-order chi connectivity index (χ0) is 11.0. The Kier molecular flexibility index (Phi) is 2.36. The molecule has 1 saturated heterocycles. The van der Waals surface area contributed by atoms with Gasteiger partial charge in [-0.1, -0.05) is 0 Å². The number of nitrogens with zero attached hydrogens (tertiary/aromatic N) is 2. The lowest BCUT2D eigenvalue weighted by Crippen LogP contribution is -2.28. The van der Waals surface area contributed by atoms with Crippen molar-refractivity contribution in [3.05, 3.63) is 23.7 Å². The predicted molar refractivity (Wildman–Crippen MR) is 63.5 cm³/mol. The van der Waals surface area contributed by atoms with Gasteiger partial charge < -0.3 is 10.3 Å². The summed E-state index contributed by atoms with van der Waals surface area (Å²) in [6.45, 7) is 4.14. The molecule has 1 fully saturated rings. The Labute approximate surface area is 94.5 Å². The number of aryl methyl sites for hydroxylation is 1. The third-order valence-electron chi connectivity index (χ3n) is 3.20. The van der Waals surface area contributed by atoms with E-state index >= 15 is 0 Å². The van der Waals surface area contributed by atoms with Crippen LogP contribution in [0.5, 0.6) is 0 Å². The molecule has 4 nitrogen and oxygen atoms in total. The zero-order valence-corrected chi connectivity index (χ0v) is 9.45. The lowest BCUT2D eigenvalue weighted by atomic mass is 9.96. The second kappa shape index (κ2) is 3.87. The molecule has 16 heavy (non-hydrogen) atoms. The minimum Gasteiger partial charge on any atom is -0.341 e. The van der Waals surface area contributed by atoms with Crippen LogP contribution in [-0.4, -0.2) is 28.0 Å². The van der Waals surface area contributed by atoms with E-state index in [0.29, 0.717) is 5.92 Å². The van der Waals surface area contributed by atoms with E-state index in [4.69, 9.17) is 0 Å². The summed E-state index contributed by atoms with van der Waals surface area (Å²) in [5.74, 6) is 1.48. The summed E-state index contributed by atoms with van der Waals surface area (Å²) in [6, 6.07) is 4.21. The number of imidazole rings is 1. The minimum absolute atomic E-state index is 0.551. The van der Waals surface area contributed by atoms with Crippen LogP contribution in [0.2, 0.25) is 0 Å². The highest BCUT2D eigenvalue weighted by molar-refractivity contribution is 5.70. The monoisotopic (exact) mass is 216 g/mol. The van der Waals surface area contributed by atoms with Gasteiger partial charge in [0, 0.05) is 18.2 Å². The molecule has 0 aromatic carbocycles. The molecule has 0 aliphatic carbocycles. The van der Waals surface area contributed by atoms with E-state index in [1.165, 1.54) is 18.5 Å². The Bertz CT molecular complexity index is 497. The Morgan fingerprint density at radius 1 is 1.31 bits per heavy atom. The zero-order valence-electron chi connectivity index (χ0n) is 9.45. The molecular weight excluding hydrogens is 200 g/mol. The van der Waals surface area contributed by atoms with Crippen LogP contribution >= 0.6 is 0 Å². The standard InChI is InChI=1S/C12H16N4/c1-8-14-11-5-4-10(16-12(11)15-8)9-3-2-6-13-7-9/h4-5,9,13H,2-3,6-7H2,1H3,(H,14,15,16). The molecule has 2 aromatic rings. The third kappa shape index (κ3) is 1.69. The summed E-state index contributed by atoms with van der Waals surface area (Å²) >= 11 is 0. The van der Waals surface area contributed by atoms with Gasteiger partial charge in [0.2, 0.25) is 0 Å². The second-order valence-electron chi connectivity index (χ2n) is 4.47. The van der Waals surface area contributed by atoms with Crippen molar-refractivity contribution in [1.82, 2.24) is 20.3 Å². The number of nitrogens with one attached hydrogen (secondary N) is 2. The maximum atomic E-state index is 4.64. The Balaban J connectivity index is 1.97. The van der Waals surface area contributed by atoms with Gasteiger partial charge in [-0.05, 0) is 38.4 Å². The first-order chi connectivity index (χ1) is 7.83. The maximum Gasteiger partial charge on any atom is 0.177 e. The molecule has 1 aliphatic heterocycles. The molecular formula is C12H16N4. The van der Waals surface area contributed by atoms with Gasteiger partial charge in [0.15, 0.2) is 5.65 Å². The van der Waals surface area contributed by atoms with Gasteiger partial charge in [-0.25, -0.2) is 9.97 Å². The summed E-state index contributed by atoms with van der Waals surface area (Å²) in [7, 11) is 0. The summed E-state index contributed by atoms with van der Waals surface area (Å²) in [6.07, 6.45) is 2.47. The number of fused-ring (bicyclic) bond motifs is 1. The van der Waals surface area contributed by atoms with Crippen molar-refractivity contribution < 1.29 is 0 Å². The fraction of sp³-hybridized carbons (Fsp3) is 0.500. The van der Waals surface area contributed by atoms with Crippen LogP contribution in [-0.2, 0) is 0 Å². The summed E-state index contributed by atoms with van der Waals surface area (Å²) in [5.41, 5.74) is 3.05. The summed E-state index contributed by atoms with van der Waals surface area (Å²) in [4.78, 5) is 12.2. The van der Waals surface area contributed by atoms with E-state index in [1.807, 2.05) is 6.92 Å². The van der Waals surface area contributed by atoms with E-state index < -0.39 is 0 Å². The number of rotatable bonds is 1. The first-order valence-corrected chi connectivity index (χ1v) is 5.87. The van der Waals surface area contributed by atoms with Crippen molar-refractivity contribution in [3.63, 3.8) is 0 Å². The number of hydrogen-bond donors (Lipinski definition) is 2. The number of pyridine rings is 1. The molecule has 3 rings (SSSR count). The predicted octanol–water partition coefficient (Wildman–Crippen LogP) is 1.73. The van der Waals surface area contributed by atoms with E-state index in [2.05, 4.69) is 32.4 Å². The van der Waals surface area contributed by atoms with Crippen LogP contribution in [0.25, 0.3) is 11.2 Å². The minimum atomic E-state index is 0.551. The molecule has 4 heteroatoms. The molecule has 2 N–H and O–H groups in total. The van der Waals surface area contributed by atoms with Crippen LogP contribution in [0.3, 0.4) is 0 Å². The van der Waals surface area contributed by atoms with Crippen LogP contribution in [0, 0.1) is 6.92 Å². The number of H-pyrrole nitrogens is 1. The van der Waals surface area contributed by atoms with Crippen molar-refractivity contribution in [2.45, 2.75) is 25.7 Å². The van der Waals surface area contributed by atoms with Crippen LogP contribution < -0.4 is 5.32 Å². The lowest BCUT2D eigenvalue weighted by Gasteiger charge is -2.21. The van der Waals surface area contributed by atoms with Gasteiger partial charge in [-0.2, -0.15) is 0 Å². The molecule has 1 atom stereocenters. The van der Waals surface area contributed by atoms with Crippen molar-refractivity contribution in [3.8, 4) is 0 Å². The second-order valence-corrected chi connectivity index (χ2v) is 4.47. The lowest BCUT2D eigenvalue weighted by molar-refractivity contribution is 0.455. The molecule has 0 saturated carbocycles. The summed E-state index contributed by atoms with van der Waals surface area (Å²) < 4.78 is 0. The molecule has 1 aliphatic rings. The number of piperidine rings is 1. The van der Waals surface area contributed by atoms with Gasteiger partial charge in [-0.3, -0.25) is 0 Å². The molecule has 0 spiro atoms. The van der Waals surface area contributed by atoms with Gasteiger partial charge in [0.05, 0.1) is 5.52 Å². The smallest absolute Gasteiger partial charge is 0.177 e. The Morgan fingerprint density at radius 3 is 3.06 bits per heavy atom. The summed E-state index contributed by atoms with van der Waals surface area (Å²) in [5, 5.41) is 3.42. The number of aromatic amines is 1. The molecule has 84 valence electrons. The van der Waals surface area contributed by atoms with Crippen molar-refractivity contribution in [2.75, 3.05) is 13.1 Å². The SMILES string of the molecule is Cc1nc2nc(C3CCCNC3)ccc2[nH]1. The van der Waals surface area contributed by atoms with Crippen molar-refractivity contribution in [2.24, 2.45) is 0 Å². The first-order valence-electron chi connectivity index (χ1n) is 5.87. The van der Waals surface area contributed by atoms with Crippen LogP contribution in [0.4, 0.5) is 0 Å².